The van der Waals surface area contributed by atoms with Crippen LogP contribution in [-0.4, -0.2) is 25.5 Å². The van der Waals surface area contributed by atoms with Crippen LogP contribution >= 0.6 is 0 Å². The van der Waals surface area contributed by atoms with Crippen LogP contribution in [0.4, 0.5) is 5.69 Å². The van der Waals surface area contributed by atoms with Crippen LogP contribution in [-0.2, 0) is 4.79 Å². The maximum atomic E-state index is 11.2. The van der Waals surface area contributed by atoms with Gasteiger partial charge in [-0.2, -0.15) is 0 Å². The lowest BCUT2D eigenvalue weighted by molar-refractivity contribution is -0.116. The summed E-state index contributed by atoms with van der Waals surface area (Å²) in [6.07, 6.45) is 1.69. The number of benzene rings is 1. The van der Waals surface area contributed by atoms with Crippen molar-refractivity contribution in [2.24, 2.45) is 0 Å². The van der Waals surface area contributed by atoms with E-state index in [1.54, 1.807) is 0 Å². The van der Waals surface area contributed by atoms with Crippen LogP contribution in [0.5, 0.6) is 5.75 Å². The number of carbonyl (C=O) groups is 1. The molecule has 1 aromatic rings. The molecule has 3 heteroatoms. The molecule has 1 fully saturated rings. The molecule has 0 bridgehead atoms. The Balaban J connectivity index is 1.99. The SMILES string of the molecule is CCCOc1ccc(N2CCC(=O)C2)cc1. The van der Waals surface area contributed by atoms with Gasteiger partial charge in [0.25, 0.3) is 0 Å². The number of hydrogen-bond acceptors (Lipinski definition) is 3. The van der Waals surface area contributed by atoms with Crippen molar-refractivity contribution >= 4 is 11.5 Å². The van der Waals surface area contributed by atoms with Crippen LogP contribution < -0.4 is 9.64 Å². The fraction of sp³-hybridized carbons (Fsp3) is 0.462. The second kappa shape index (κ2) is 5.01. The number of carbonyl (C=O) groups excluding carboxylic acids is 1. The van der Waals surface area contributed by atoms with Gasteiger partial charge in [-0.15, -0.1) is 0 Å². The van der Waals surface area contributed by atoms with Crippen molar-refractivity contribution in [3.63, 3.8) is 0 Å². The Morgan fingerprint density at radius 1 is 1.31 bits per heavy atom. The number of anilines is 1. The van der Waals surface area contributed by atoms with Crippen LogP contribution in [0, 0.1) is 0 Å². The van der Waals surface area contributed by atoms with Crippen LogP contribution in [0.25, 0.3) is 0 Å². The first kappa shape index (κ1) is 11.0. The third-order valence-electron chi connectivity index (χ3n) is 2.70. The van der Waals surface area contributed by atoms with Crippen molar-refractivity contribution in [2.45, 2.75) is 19.8 Å². The second-order valence-corrected chi connectivity index (χ2v) is 4.05. The lowest BCUT2D eigenvalue weighted by Crippen LogP contribution is -2.19. The van der Waals surface area contributed by atoms with E-state index in [0.717, 1.165) is 31.0 Å². The molecule has 0 aliphatic carbocycles. The van der Waals surface area contributed by atoms with Crippen LogP contribution in [0.3, 0.4) is 0 Å². The molecular weight excluding hydrogens is 202 g/mol. The zero-order valence-electron chi connectivity index (χ0n) is 9.61. The number of nitrogens with zero attached hydrogens (tertiary/aromatic N) is 1. The molecule has 1 aliphatic rings. The van der Waals surface area contributed by atoms with Crippen molar-refractivity contribution in [1.29, 1.82) is 0 Å². The number of rotatable bonds is 4. The maximum absolute atomic E-state index is 11.2. The fourth-order valence-corrected chi connectivity index (χ4v) is 1.82. The highest BCUT2D eigenvalue weighted by atomic mass is 16.5. The highest BCUT2D eigenvalue weighted by Gasteiger charge is 2.19. The Morgan fingerprint density at radius 3 is 2.62 bits per heavy atom. The maximum Gasteiger partial charge on any atom is 0.153 e. The summed E-state index contributed by atoms with van der Waals surface area (Å²) in [4.78, 5) is 13.3. The predicted molar refractivity (Wildman–Crippen MR) is 64.1 cm³/mol. The summed E-state index contributed by atoms with van der Waals surface area (Å²) in [6, 6.07) is 7.97. The highest BCUT2D eigenvalue weighted by Crippen LogP contribution is 2.22. The van der Waals surface area contributed by atoms with Gasteiger partial charge >= 0.3 is 0 Å². The number of hydrogen-bond donors (Lipinski definition) is 0. The number of ketones is 1. The van der Waals surface area contributed by atoms with Crippen LogP contribution in [0.1, 0.15) is 19.8 Å². The molecule has 16 heavy (non-hydrogen) atoms. The zero-order valence-corrected chi connectivity index (χ0v) is 9.61. The van der Waals surface area contributed by atoms with E-state index in [1.165, 1.54) is 0 Å². The van der Waals surface area contributed by atoms with E-state index in [-0.39, 0.29) is 0 Å². The van der Waals surface area contributed by atoms with E-state index in [1.807, 2.05) is 24.3 Å². The summed E-state index contributed by atoms with van der Waals surface area (Å²) in [5.41, 5.74) is 1.11. The van der Waals surface area contributed by atoms with Gasteiger partial charge in [0.15, 0.2) is 5.78 Å². The first-order chi connectivity index (χ1) is 7.79. The minimum absolute atomic E-state index is 0.325. The van der Waals surface area contributed by atoms with Crippen molar-refractivity contribution in [2.75, 3.05) is 24.6 Å². The molecule has 1 aromatic carbocycles. The largest absolute Gasteiger partial charge is 0.494 e. The molecule has 2 rings (SSSR count). The molecule has 1 aliphatic heterocycles. The lowest BCUT2D eigenvalue weighted by Gasteiger charge is -2.16. The molecule has 1 saturated heterocycles. The third-order valence-corrected chi connectivity index (χ3v) is 2.70. The Kier molecular flexibility index (Phi) is 3.44. The smallest absolute Gasteiger partial charge is 0.153 e. The predicted octanol–water partition coefficient (Wildman–Crippen LogP) is 2.25. The second-order valence-electron chi connectivity index (χ2n) is 4.05. The van der Waals surface area contributed by atoms with E-state index in [9.17, 15) is 4.79 Å². The molecule has 1 heterocycles. The van der Waals surface area contributed by atoms with Crippen molar-refractivity contribution in [1.82, 2.24) is 0 Å². The summed E-state index contributed by atoms with van der Waals surface area (Å²) in [5, 5.41) is 0. The Hall–Kier alpha value is -1.51. The lowest BCUT2D eigenvalue weighted by atomic mass is 10.3. The van der Waals surface area contributed by atoms with E-state index in [2.05, 4.69) is 11.8 Å². The van der Waals surface area contributed by atoms with Crippen LogP contribution in [0.15, 0.2) is 24.3 Å². The molecule has 0 aromatic heterocycles. The Labute approximate surface area is 96.0 Å². The van der Waals surface area contributed by atoms with Gasteiger partial charge < -0.3 is 9.64 Å². The minimum atomic E-state index is 0.325. The minimum Gasteiger partial charge on any atom is -0.494 e. The van der Waals surface area contributed by atoms with Gasteiger partial charge in [0.1, 0.15) is 5.75 Å². The molecule has 0 amide bonds. The van der Waals surface area contributed by atoms with E-state index in [4.69, 9.17) is 4.74 Å². The van der Waals surface area contributed by atoms with Gasteiger partial charge in [0.05, 0.1) is 13.2 Å². The molecule has 0 atom stereocenters. The third kappa shape index (κ3) is 2.54. The standard InChI is InChI=1S/C13H17NO2/c1-2-9-16-13-5-3-11(4-6-13)14-8-7-12(15)10-14/h3-6H,2,7-10H2,1H3. The van der Waals surface area contributed by atoms with E-state index in [0.29, 0.717) is 18.7 Å². The fourth-order valence-electron chi connectivity index (χ4n) is 1.82. The molecule has 0 radical (unpaired) electrons. The average Bonchev–Trinajstić information content (AvgIpc) is 2.74. The molecular formula is C13H17NO2. The summed E-state index contributed by atoms with van der Waals surface area (Å²) in [5.74, 6) is 1.22. The van der Waals surface area contributed by atoms with E-state index >= 15 is 0 Å². The van der Waals surface area contributed by atoms with Gasteiger partial charge in [-0.05, 0) is 30.7 Å². The van der Waals surface area contributed by atoms with E-state index < -0.39 is 0 Å². The summed E-state index contributed by atoms with van der Waals surface area (Å²) in [6.45, 7) is 4.23. The summed E-state index contributed by atoms with van der Waals surface area (Å²) < 4.78 is 5.51. The van der Waals surface area contributed by atoms with Crippen molar-refractivity contribution < 1.29 is 9.53 Å². The monoisotopic (exact) mass is 219 g/mol. The summed E-state index contributed by atoms with van der Waals surface area (Å²) >= 11 is 0. The first-order valence-corrected chi connectivity index (χ1v) is 5.79. The Bertz CT molecular complexity index is 359. The van der Waals surface area contributed by atoms with Gasteiger partial charge in [-0.1, -0.05) is 6.92 Å². The average molecular weight is 219 g/mol. The summed E-state index contributed by atoms with van der Waals surface area (Å²) in [7, 11) is 0. The molecule has 86 valence electrons. The normalized spacial score (nSPS) is 15.6. The van der Waals surface area contributed by atoms with Crippen molar-refractivity contribution in [3.8, 4) is 5.75 Å². The van der Waals surface area contributed by atoms with Crippen molar-refractivity contribution in [3.05, 3.63) is 24.3 Å². The van der Waals surface area contributed by atoms with Crippen LogP contribution in [0.2, 0.25) is 0 Å². The number of Topliss-reactive ketones (excluding diaryl/α,β-unsaturated/α-hetero) is 1. The zero-order chi connectivity index (χ0) is 11.4. The quantitative estimate of drug-likeness (QED) is 0.778. The van der Waals surface area contributed by atoms with Gasteiger partial charge in [0, 0.05) is 18.7 Å². The molecule has 0 unspecified atom stereocenters. The highest BCUT2D eigenvalue weighted by molar-refractivity contribution is 5.87. The van der Waals surface area contributed by atoms with Gasteiger partial charge in [0.2, 0.25) is 0 Å². The first-order valence-electron chi connectivity index (χ1n) is 5.79. The molecule has 0 N–H and O–H groups in total. The van der Waals surface area contributed by atoms with Gasteiger partial charge in [-0.3, -0.25) is 4.79 Å². The molecule has 0 spiro atoms. The number of ether oxygens (including phenoxy) is 1. The Morgan fingerprint density at radius 2 is 2.06 bits per heavy atom. The topological polar surface area (TPSA) is 29.5 Å². The molecule has 0 saturated carbocycles. The molecule has 3 nitrogen and oxygen atoms in total. The van der Waals surface area contributed by atoms with Gasteiger partial charge in [-0.25, -0.2) is 0 Å².